The summed E-state index contributed by atoms with van der Waals surface area (Å²) < 4.78 is 0. The second-order valence-corrected chi connectivity index (χ2v) is 4.94. The van der Waals surface area contributed by atoms with Crippen molar-refractivity contribution in [3.8, 4) is 0 Å². The van der Waals surface area contributed by atoms with E-state index in [4.69, 9.17) is 17.3 Å². The molecule has 112 valence electrons. The highest BCUT2D eigenvalue weighted by molar-refractivity contribution is 5.40. The molecule has 0 heterocycles. The minimum Gasteiger partial charge on any atom is -0.399 e. The van der Waals surface area contributed by atoms with Crippen LogP contribution in [-0.4, -0.2) is 0 Å². The number of hydrazine groups is 2. The summed E-state index contributed by atoms with van der Waals surface area (Å²) in [7, 11) is 0. The molecule has 2 unspecified atom stereocenters. The number of nitrogens with two attached hydrogens (primary N) is 3. The number of rotatable bonds is 6. The van der Waals surface area contributed by atoms with E-state index in [0.29, 0.717) is 0 Å². The van der Waals surface area contributed by atoms with Gasteiger partial charge in [-0.3, -0.25) is 5.84 Å². The predicted octanol–water partition coefficient (Wildman–Crippen LogP) is 1.17. The summed E-state index contributed by atoms with van der Waals surface area (Å²) in [5.74, 6) is 5.59. The van der Waals surface area contributed by atoms with E-state index in [1.807, 2.05) is 48.5 Å². The summed E-state index contributed by atoms with van der Waals surface area (Å²) in [4.78, 5) is 0. The molecule has 6 heteroatoms. The fourth-order valence-corrected chi connectivity index (χ4v) is 1.99. The van der Waals surface area contributed by atoms with Crippen LogP contribution in [0.25, 0.3) is 0 Å². The van der Waals surface area contributed by atoms with Crippen molar-refractivity contribution in [3.05, 3.63) is 59.7 Å². The Hall–Kier alpha value is -2.12. The first-order valence-electron chi connectivity index (χ1n) is 6.78. The zero-order chi connectivity index (χ0) is 15.2. The lowest BCUT2D eigenvalue weighted by Crippen LogP contribution is -2.46. The average molecular weight is 286 g/mol. The topological polar surface area (TPSA) is 114 Å². The fraction of sp³-hybridized carbons (Fsp3) is 0.200. The Labute approximate surface area is 124 Å². The molecule has 0 aliphatic heterocycles. The van der Waals surface area contributed by atoms with Crippen molar-refractivity contribution in [1.82, 2.24) is 16.3 Å². The van der Waals surface area contributed by atoms with Gasteiger partial charge in [0.1, 0.15) is 6.17 Å². The molecule has 0 saturated carbocycles. The van der Waals surface area contributed by atoms with Crippen molar-refractivity contribution >= 4 is 11.4 Å². The summed E-state index contributed by atoms with van der Waals surface area (Å²) in [5, 5.41) is 0. The number of benzene rings is 2. The van der Waals surface area contributed by atoms with Gasteiger partial charge in [0.05, 0.1) is 0 Å². The summed E-state index contributed by atoms with van der Waals surface area (Å²) in [6.45, 7) is 2.05. The maximum atomic E-state index is 5.69. The third-order valence-corrected chi connectivity index (χ3v) is 3.32. The Morgan fingerprint density at radius 2 is 1.24 bits per heavy atom. The standard InChI is InChI=1S/C15H22N6/c1-10(11-2-6-13(16)7-3-11)20-21-15(19-18)12-4-8-14(17)9-5-12/h2-10,15,19-21H,16-18H2,1H3. The molecule has 0 spiro atoms. The Kier molecular flexibility index (Phi) is 5.13. The lowest BCUT2D eigenvalue weighted by atomic mass is 10.1. The Morgan fingerprint density at radius 3 is 1.71 bits per heavy atom. The van der Waals surface area contributed by atoms with Crippen molar-refractivity contribution < 1.29 is 0 Å². The summed E-state index contributed by atoms with van der Waals surface area (Å²) >= 11 is 0. The Morgan fingerprint density at radius 1 is 0.762 bits per heavy atom. The monoisotopic (exact) mass is 286 g/mol. The van der Waals surface area contributed by atoms with E-state index in [2.05, 4.69) is 23.2 Å². The third-order valence-electron chi connectivity index (χ3n) is 3.32. The highest BCUT2D eigenvalue weighted by Gasteiger charge is 2.11. The molecule has 0 aliphatic rings. The minimum atomic E-state index is -0.221. The van der Waals surface area contributed by atoms with Gasteiger partial charge in [-0.15, -0.1) is 0 Å². The van der Waals surface area contributed by atoms with E-state index >= 15 is 0 Å². The highest BCUT2D eigenvalue weighted by Crippen LogP contribution is 2.15. The van der Waals surface area contributed by atoms with Crippen molar-refractivity contribution in [1.29, 1.82) is 0 Å². The first kappa shape index (κ1) is 15.3. The molecular formula is C15H22N6. The van der Waals surface area contributed by atoms with Gasteiger partial charge in [-0.25, -0.2) is 16.3 Å². The van der Waals surface area contributed by atoms with Crippen LogP contribution in [-0.2, 0) is 0 Å². The van der Waals surface area contributed by atoms with E-state index in [0.717, 1.165) is 22.5 Å². The van der Waals surface area contributed by atoms with Gasteiger partial charge in [0.2, 0.25) is 0 Å². The van der Waals surface area contributed by atoms with Crippen LogP contribution in [0.15, 0.2) is 48.5 Å². The zero-order valence-corrected chi connectivity index (χ0v) is 12.0. The number of anilines is 2. The second kappa shape index (κ2) is 7.05. The molecule has 0 amide bonds. The van der Waals surface area contributed by atoms with Gasteiger partial charge in [-0.05, 0) is 42.3 Å². The average Bonchev–Trinajstić information content (AvgIpc) is 2.50. The van der Waals surface area contributed by atoms with Crippen molar-refractivity contribution in [3.63, 3.8) is 0 Å². The number of hydrogen-bond acceptors (Lipinski definition) is 6. The van der Waals surface area contributed by atoms with Crippen LogP contribution in [0.2, 0.25) is 0 Å². The smallest absolute Gasteiger partial charge is 0.108 e. The highest BCUT2D eigenvalue weighted by atomic mass is 15.5. The Balaban J connectivity index is 1.96. The summed E-state index contributed by atoms with van der Waals surface area (Å²) in [6.07, 6.45) is -0.221. The second-order valence-electron chi connectivity index (χ2n) is 4.94. The van der Waals surface area contributed by atoms with Crippen LogP contribution in [0.4, 0.5) is 11.4 Å². The molecule has 2 aromatic carbocycles. The molecule has 0 aromatic heterocycles. The summed E-state index contributed by atoms with van der Waals surface area (Å²) in [6, 6.07) is 15.4. The molecule has 6 nitrogen and oxygen atoms in total. The molecule has 0 fully saturated rings. The van der Waals surface area contributed by atoms with Crippen molar-refractivity contribution in [2.75, 3.05) is 11.5 Å². The molecule has 2 atom stereocenters. The van der Waals surface area contributed by atoms with E-state index in [9.17, 15) is 0 Å². The molecule has 2 aromatic rings. The van der Waals surface area contributed by atoms with Crippen LogP contribution in [0.1, 0.15) is 30.3 Å². The van der Waals surface area contributed by atoms with Crippen molar-refractivity contribution in [2.24, 2.45) is 5.84 Å². The maximum Gasteiger partial charge on any atom is 0.108 e. The van der Waals surface area contributed by atoms with E-state index in [1.165, 1.54) is 0 Å². The van der Waals surface area contributed by atoms with Gasteiger partial charge in [0.15, 0.2) is 0 Å². The fourth-order valence-electron chi connectivity index (χ4n) is 1.99. The lowest BCUT2D eigenvalue weighted by Gasteiger charge is -2.22. The van der Waals surface area contributed by atoms with E-state index < -0.39 is 0 Å². The molecule has 9 N–H and O–H groups in total. The third kappa shape index (κ3) is 4.17. The predicted molar refractivity (Wildman–Crippen MR) is 86.5 cm³/mol. The molecular weight excluding hydrogens is 264 g/mol. The van der Waals surface area contributed by atoms with Crippen LogP contribution in [0, 0.1) is 0 Å². The van der Waals surface area contributed by atoms with Gasteiger partial charge >= 0.3 is 0 Å². The number of nitrogen functional groups attached to an aromatic ring is 2. The molecule has 0 saturated heterocycles. The molecule has 0 radical (unpaired) electrons. The van der Waals surface area contributed by atoms with Gasteiger partial charge in [0, 0.05) is 17.4 Å². The van der Waals surface area contributed by atoms with E-state index in [1.54, 1.807) is 0 Å². The van der Waals surface area contributed by atoms with Crippen LogP contribution in [0.3, 0.4) is 0 Å². The molecule has 0 aliphatic carbocycles. The first-order chi connectivity index (χ1) is 10.1. The largest absolute Gasteiger partial charge is 0.399 e. The molecule has 0 bridgehead atoms. The van der Waals surface area contributed by atoms with Gasteiger partial charge in [-0.2, -0.15) is 0 Å². The SMILES string of the molecule is CC(NNC(NN)c1ccc(N)cc1)c1ccc(N)cc1. The van der Waals surface area contributed by atoms with Crippen molar-refractivity contribution in [2.45, 2.75) is 19.1 Å². The lowest BCUT2D eigenvalue weighted by molar-refractivity contribution is 0.351. The van der Waals surface area contributed by atoms with Gasteiger partial charge in [0.25, 0.3) is 0 Å². The normalized spacial score (nSPS) is 13.8. The van der Waals surface area contributed by atoms with Gasteiger partial charge in [-0.1, -0.05) is 24.3 Å². The van der Waals surface area contributed by atoms with Crippen LogP contribution < -0.4 is 33.6 Å². The summed E-state index contributed by atoms with van der Waals surface area (Å²) in [5.41, 5.74) is 24.1. The number of hydrogen-bond donors (Lipinski definition) is 6. The van der Waals surface area contributed by atoms with E-state index in [-0.39, 0.29) is 12.2 Å². The van der Waals surface area contributed by atoms with Crippen LogP contribution >= 0.6 is 0 Å². The van der Waals surface area contributed by atoms with Gasteiger partial charge < -0.3 is 11.5 Å². The van der Waals surface area contributed by atoms with Crippen LogP contribution in [0.5, 0.6) is 0 Å². The zero-order valence-electron chi connectivity index (χ0n) is 12.0. The maximum absolute atomic E-state index is 5.69. The number of nitrogens with one attached hydrogen (secondary N) is 3. The molecule has 21 heavy (non-hydrogen) atoms. The molecule has 2 rings (SSSR count). The Bertz CT molecular complexity index is 551. The first-order valence-corrected chi connectivity index (χ1v) is 6.78. The minimum absolute atomic E-state index is 0.107. The quantitative estimate of drug-likeness (QED) is 0.206.